The lowest BCUT2D eigenvalue weighted by Crippen LogP contribution is -2.33. The fourth-order valence-corrected chi connectivity index (χ4v) is 4.23. The second-order valence-corrected chi connectivity index (χ2v) is 7.09. The number of rotatable bonds is 5. The van der Waals surface area contributed by atoms with E-state index < -0.39 is 0 Å². The van der Waals surface area contributed by atoms with Crippen LogP contribution in [0.3, 0.4) is 0 Å². The van der Waals surface area contributed by atoms with Crippen LogP contribution in [0.25, 0.3) is 0 Å². The van der Waals surface area contributed by atoms with Crippen molar-refractivity contribution in [2.24, 2.45) is 5.73 Å². The molecule has 4 heteroatoms. The molecule has 0 saturated heterocycles. The zero-order valence-electron chi connectivity index (χ0n) is 13.5. The molecule has 1 saturated carbocycles. The van der Waals surface area contributed by atoms with E-state index in [1.807, 2.05) is 0 Å². The molecule has 0 atom stereocenters. The van der Waals surface area contributed by atoms with Crippen molar-refractivity contribution in [3.63, 3.8) is 0 Å². The van der Waals surface area contributed by atoms with Crippen LogP contribution in [0.2, 0.25) is 0 Å². The monoisotopic (exact) mass is 355 g/mol. The van der Waals surface area contributed by atoms with Crippen molar-refractivity contribution in [3.05, 3.63) is 21.7 Å². The third-order valence-electron chi connectivity index (χ3n) is 4.74. The van der Waals surface area contributed by atoms with E-state index >= 15 is 0 Å². The quantitative estimate of drug-likeness (QED) is 0.853. The number of ether oxygens (including phenoxy) is 2. The first kappa shape index (κ1) is 16.6. The van der Waals surface area contributed by atoms with E-state index in [4.69, 9.17) is 15.2 Å². The standard InChI is InChI=1S/C17H26BrNO2/c1-11(2)14-12(17(10-19)7-5-6-8-17)9-13(18)15(20-3)16(14)21-4/h9,11H,5-8,10,19H2,1-4H3. The maximum Gasteiger partial charge on any atom is 0.175 e. The summed E-state index contributed by atoms with van der Waals surface area (Å²) in [6, 6.07) is 2.20. The van der Waals surface area contributed by atoms with Crippen molar-refractivity contribution in [2.45, 2.75) is 50.9 Å². The molecule has 1 aromatic carbocycles. The van der Waals surface area contributed by atoms with Gasteiger partial charge in [-0.3, -0.25) is 0 Å². The summed E-state index contributed by atoms with van der Waals surface area (Å²) in [5, 5.41) is 0. The van der Waals surface area contributed by atoms with Crippen LogP contribution < -0.4 is 15.2 Å². The van der Waals surface area contributed by atoms with Gasteiger partial charge in [-0.1, -0.05) is 26.7 Å². The Hall–Kier alpha value is -0.740. The Balaban J connectivity index is 2.73. The molecule has 0 aliphatic heterocycles. The van der Waals surface area contributed by atoms with Gasteiger partial charge in [0.2, 0.25) is 0 Å². The van der Waals surface area contributed by atoms with Crippen LogP contribution in [0.15, 0.2) is 10.5 Å². The molecule has 0 amide bonds. The first-order valence-corrected chi connectivity index (χ1v) is 8.45. The van der Waals surface area contributed by atoms with Crippen molar-refractivity contribution in [1.29, 1.82) is 0 Å². The molecule has 3 nitrogen and oxygen atoms in total. The summed E-state index contributed by atoms with van der Waals surface area (Å²) >= 11 is 3.64. The SMILES string of the molecule is COc1c(Br)cc(C2(CN)CCCC2)c(C(C)C)c1OC. The van der Waals surface area contributed by atoms with Gasteiger partial charge in [0.05, 0.1) is 18.7 Å². The highest BCUT2D eigenvalue weighted by molar-refractivity contribution is 9.10. The van der Waals surface area contributed by atoms with Gasteiger partial charge in [-0.2, -0.15) is 0 Å². The summed E-state index contributed by atoms with van der Waals surface area (Å²) in [5.74, 6) is 1.98. The van der Waals surface area contributed by atoms with Gasteiger partial charge in [0.25, 0.3) is 0 Å². The van der Waals surface area contributed by atoms with Gasteiger partial charge < -0.3 is 15.2 Å². The van der Waals surface area contributed by atoms with Gasteiger partial charge in [0.1, 0.15) is 0 Å². The van der Waals surface area contributed by atoms with Crippen molar-refractivity contribution >= 4 is 15.9 Å². The second kappa shape index (κ2) is 6.57. The van der Waals surface area contributed by atoms with Gasteiger partial charge >= 0.3 is 0 Å². The zero-order chi connectivity index (χ0) is 15.6. The molecular formula is C17H26BrNO2. The van der Waals surface area contributed by atoms with Crippen LogP contribution in [-0.4, -0.2) is 20.8 Å². The lowest BCUT2D eigenvalue weighted by molar-refractivity contribution is 0.344. The molecule has 0 heterocycles. The minimum Gasteiger partial charge on any atom is -0.493 e. The molecule has 21 heavy (non-hydrogen) atoms. The summed E-state index contributed by atoms with van der Waals surface area (Å²) in [6.45, 7) is 5.09. The summed E-state index contributed by atoms with van der Waals surface area (Å²) in [4.78, 5) is 0. The average Bonchev–Trinajstić information content (AvgIpc) is 2.95. The molecule has 1 fully saturated rings. The molecule has 0 unspecified atom stereocenters. The molecule has 0 spiro atoms. The van der Waals surface area contributed by atoms with Crippen LogP contribution in [-0.2, 0) is 5.41 Å². The summed E-state index contributed by atoms with van der Waals surface area (Å²) in [7, 11) is 3.39. The predicted octanol–water partition coefficient (Wildman–Crippen LogP) is 4.36. The third-order valence-corrected chi connectivity index (χ3v) is 5.33. The number of halogens is 1. The maximum absolute atomic E-state index is 6.19. The van der Waals surface area contributed by atoms with Crippen molar-refractivity contribution in [3.8, 4) is 11.5 Å². The third kappa shape index (κ3) is 2.80. The summed E-state index contributed by atoms with van der Waals surface area (Å²) < 4.78 is 12.2. The number of benzene rings is 1. The molecule has 1 aliphatic rings. The fourth-order valence-electron chi connectivity index (χ4n) is 3.66. The number of hydrogen-bond acceptors (Lipinski definition) is 3. The van der Waals surface area contributed by atoms with Gasteiger partial charge in [-0.15, -0.1) is 0 Å². The largest absolute Gasteiger partial charge is 0.493 e. The maximum atomic E-state index is 6.19. The molecule has 2 N–H and O–H groups in total. The Bertz CT molecular complexity index is 508. The van der Waals surface area contributed by atoms with E-state index in [-0.39, 0.29) is 5.41 Å². The smallest absolute Gasteiger partial charge is 0.175 e. The Morgan fingerprint density at radius 1 is 1.19 bits per heavy atom. The molecule has 2 rings (SSSR count). The number of nitrogens with two attached hydrogens (primary N) is 1. The summed E-state index contributed by atoms with van der Waals surface area (Å²) in [5.41, 5.74) is 8.86. The average molecular weight is 356 g/mol. The van der Waals surface area contributed by atoms with Crippen LogP contribution >= 0.6 is 15.9 Å². The van der Waals surface area contributed by atoms with Gasteiger partial charge in [-0.25, -0.2) is 0 Å². The second-order valence-electron chi connectivity index (χ2n) is 6.23. The van der Waals surface area contributed by atoms with Crippen LogP contribution in [0.5, 0.6) is 11.5 Å². The fraction of sp³-hybridized carbons (Fsp3) is 0.647. The zero-order valence-corrected chi connectivity index (χ0v) is 15.0. The van der Waals surface area contributed by atoms with E-state index in [1.54, 1.807) is 14.2 Å². The van der Waals surface area contributed by atoms with E-state index in [0.29, 0.717) is 12.5 Å². The van der Waals surface area contributed by atoms with Crippen molar-refractivity contribution in [1.82, 2.24) is 0 Å². The van der Waals surface area contributed by atoms with Gasteiger partial charge in [-0.05, 0) is 46.3 Å². The predicted molar refractivity (Wildman–Crippen MR) is 90.5 cm³/mol. The highest BCUT2D eigenvalue weighted by atomic mass is 79.9. The highest BCUT2D eigenvalue weighted by Crippen LogP contribution is 2.50. The van der Waals surface area contributed by atoms with Crippen molar-refractivity contribution in [2.75, 3.05) is 20.8 Å². The molecule has 118 valence electrons. The Labute approximate surface area is 136 Å². The minimum atomic E-state index is 0.0850. The van der Waals surface area contributed by atoms with E-state index in [2.05, 4.69) is 35.8 Å². The van der Waals surface area contributed by atoms with Gasteiger partial charge in [0.15, 0.2) is 11.5 Å². The molecule has 0 bridgehead atoms. The van der Waals surface area contributed by atoms with Crippen LogP contribution in [0.1, 0.15) is 56.6 Å². The van der Waals surface area contributed by atoms with Gasteiger partial charge in [0, 0.05) is 17.5 Å². The van der Waals surface area contributed by atoms with E-state index in [1.165, 1.54) is 24.0 Å². The summed E-state index contributed by atoms with van der Waals surface area (Å²) in [6.07, 6.45) is 4.82. The Morgan fingerprint density at radius 3 is 2.19 bits per heavy atom. The number of methoxy groups -OCH3 is 2. The normalized spacial score (nSPS) is 17.3. The molecule has 1 aliphatic carbocycles. The van der Waals surface area contributed by atoms with Crippen LogP contribution in [0, 0.1) is 0 Å². The van der Waals surface area contributed by atoms with Crippen LogP contribution in [0.4, 0.5) is 0 Å². The molecular weight excluding hydrogens is 330 g/mol. The minimum absolute atomic E-state index is 0.0850. The topological polar surface area (TPSA) is 44.5 Å². The van der Waals surface area contributed by atoms with E-state index in [9.17, 15) is 0 Å². The highest BCUT2D eigenvalue weighted by Gasteiger charge is 2.38. The molecule has 0 radical (unpaired) electrons. The van der Waals surface area contributed by atoms with E-state index in [0.717, 1.165) is 28.8 Å². The molecule has 1 aromatic rings. The Kier molecular flexibility index (Phi) is 5.20. The van der Waals surface area contributed by atoms with Crippen molar-refractivity contribution < 1.29 is 9.47 Å². The number of hydrogen-bond donors (Lipinski definition) is 1. The lowest BCUT2D eigenvalue weighted by atomic mass is 9.74. The molecule has 0 aromatic heterocycles. The lowest BCUT2D eigenvalue weighted by Gasteiger charge is -2.33. The Morgan fingerprint density at radius 2 is 1.76 bits per heavy atom. The first-order valence-electron chi connectivity index (χ1n) is 7.65. The first-order chi connectivity index (χ1) is 10.0.